The maximum atomic E-state index is 13.1. The van der Waals surface area contributed by atoms with Gasteiger partial charge < -0.3 is 9.74 Å². The van der Waals surface area contributed by atoms with E-state index in [1.807, 2.05) is 0 Å². The van der Waals surface area contributed by atoms with Crippen LogP contribution in [0.5, 0.6) is 0 Å². The minimum atomic E-state index is -4.65. The molecule has 0 N–H and O–H groups in total. The molecule has 1 aliphatic rings. The zero-order chi connectivity index (χ0) is 19.8. The van der Waals surface area contributed by atoms with Gasteiger partial charge in [0.1, 0.15) is 0 Å². The maximum absolute atomic E-state index is 13.1. The topological polar surface area (TPSA) is 66.9 Å². The average molecular weight is 372 g/mol. The fraction of sp³-hybridized carbons (Fsp3) is 0.471. The highest BCUT2D eigenvalue weighted by atomic mass is 19.4. The Hall–Kier alpha value is -2.58. The van der Waals surface area contributed by atoms with Crippen molar-refractivity contribution in [1.29, 1.82) is 0 Å². The maximum Gasteiger partial charge on any atom is 0.421 e. The molecule has 0 bridgehead atoms. The van der Waals surface area contributed by atoms with Gasteiger partial charge >= 0.3 is 18.1 Å². The number of carbonyl (C=O) groups is 3. The molecule has 2 amide bonds. The van der Waals surface area contributed by atoms with Crippen molar-refractivity contribution in [3.63, 3.8) is 0 Å². The van der Waals surface area contributed by atoms with Crippen LogP contribution < -0.4 is 0 Å². The van der Waals surface area contributed by atoms with E-state index in [0.717, 1.165) is 12.1 Å². The molecule has 26 heavy (non-hydrogen) atoms. The highest BCUT2D eigenvalue weighted by Crippen LogP contribution is 2.37. The van der Waals surface area contributed by atoms with Crippen LogP contribution in [0.25, 0.3) is 0 Å². The summed E-state index contributed by atoms with van der Waals surface area (Å²) in [5.41, 5.74) is -1.46. The minimum absolute atomic E-state index is 0.204. The molecule has 0 atom stereocenters. The van der Waals surface area contributed by atoms with Gasteiger partial charge in [0.05, 0.1) is 12.1 Å². The van der Waals surface area contributed by atoms with Gasteiger partial charge in [0.2, 0.25) is 0 Å². The second-order valence-corrected chi connectivity index (χ2v) is 6.45. The van der Waals surface area contributed by atoms with Crippen molar-refractivity contribution in [3.05, 3.63) is 34.9 Å². The molecule has 9 heteroatoms. The molecule has 0 aliphatic carbocycles. The van der Waals surface area contributed by atoms with Gasteiger partial charge in [0.15, 0.2) is 0 Å². The third kappa shape index (κ3) is 3.66. The van der Waals surface area contributed by atoms with Crippen LogP contribution in [0.15, 0.2) is 18.2 Å². The lowest BCUT2D eigenvalue weighted by Gasteiger charge is -2.30. The molecule has 142 valence electrons. The molecule has 0 fully saturated rings. The van der Waals surface area contributed by atoms with Gasteiger partial charge in [-0.1, -0.05) is 6.07 Å². The Morgan fingerprint density at radius 3 is 2.23 bits per heavy atom. The Bertz CT molecular complexity index is 736. The van der Waals surface area contributed by atoms with Crippen molar-refractivity contribution < 1.29 is 32.4 Å². The first-order valence-electron chi connectivity index (χ1n) is 8.00. The predicted molar refractivity (Wildman–Crippen MR) is 84.5 cm³/mol. The Morgan fingerprint density at radius 2 is 1.73 bits per heavy atom. The Balaban J connectivity index is 2.21. The summed E-state index contributed by atoms with van der Waals surface area (Å²) in [6.07, 6.45) is -4.65. The first kappa shape index (κ1) is 19.7. The summed E-state index contributed by atoms with van der Waals surface area (Å²) in [5.74, 6) is -3.18. The fourth-order valence-corrected chi connectivity index (χ4v) is 2.96. The lowest BCUT2D eigenvalue weighted by Crippen LogP contribution is -2.47. The molecule has 6 nitrogen and oxygen atoms in total. The van der Waals surface area contributed by atoms with Gasteiger partial charge in [0, 0.05) is 23.2 Å². The monoisotopic (exact) mass is 372 g/mol. The molecule has 1 aromatic rings. The molecule has 1 aromatic carbocycles. The largest absolute Gasteiger partial charge is 0.421 e. The number of carbonyl (C=O) groups excluding carboxylic acids is 3. The molecular formula is C17H19F3N2O4. The van der Waals surface area contributed by atoms with Crippen LogP contribution >= 0.6 is 0 Å². The minimum Gasteiger partial charge on any atom is -0.328 e. The van der Waals surface area contributed by atoms with Gasteiger partial charge in [-0.15, -0.1) is 0 Å². The smallest absolute Gasteiger partial charge is 0.328 e. The van der Waals surface area contributed by atoms with Crippen molar-refractivity contribution in [1.82, 2.24) is 9.96 Å². The molecular weight excluding hydrogens is 353 g/mol. The first-order valence-corrected chi connectivity index (χ1v) is 8.00. The van der Waals surface area contributed by atoms with Gasteiger partial charge in [-0.05, 0) is 39.8 Å². The highest BCUT2D eigenvalue weighted by molar-refractivity contribution is 6.32. The molecule has 0 saturated carbocycles. The summed E-state index contributed by atoms with van der Waals surface area (Å²) in [5, 5.41) is 0.485. The lowest BCUT2D eigenvalue weighted by atomic mass is 10.0. The van der Waals surface area contributed by atoms with E-state index in [-0.39, 0.29) is 23.2 Å². The quantitative estimate of drug-likeness (QED) is 0.766. The number of amides is 2. The van der Waals surface area contributed by atoms with E-state index in [1.54, 1.807) is 27.7 Å². The normalized spacial score (nSPS) is 14.0. The van der Waals surface area contributed by atoms with Gasteiger partial charge in [-0.3, -0.25) is 9.59 Å². The molecule has 0 radical (unpaired) electrons. The number of hydrogen-bond donors (Lipinski definition) is 0. The number of halogens is 3. The SMILES string of the molecule is CC(C)N(C(=O)C(=O)ON1Cc2c(cccc2C(F)(F)F)C1=O)C(C)C. The van der Waals surface area contributed by atoms with E-state index in [2.05, 4.69) is 0 Å². The number of hydrogen-bond acceptors (Lipinski definition) is 4. The van der Waals surface area contributed by atoms with Crippen LogP contribution in [-0.2, 0) is 27.1 Å². The van der Waals surface area contributed by atoms with E-state index in [1.165, 1.54) is 11.0 Å². The second kappa shape index (κ2) is 6.97. The molecule has 0 spiro atoms. The molecule has 0 saturated heterocycles. The van der Waals surface area contributed by atoms with Crippen molar-refractivity contribution in [2.75, 3.05) is 0 Å². The van der Waals surface area contributed by atoms with Crippen molar-refractivity contribution in [2.24, 2.45) is 0 Å². The van der Waals surface area contributed by atoms with Crippen molar-refractivity contribution >= 4 is 17.8 Å². The van der Waals surface area contributed by atoms with E-state index < -0.39 is 36.1 Å². The number of alkyl halides is 3. The zero-order valence-corrected chi connectivity index (χ0v) is 14.8. The van der Waals surface area contributed by atoms with Crippen LogP contribution in [0.1, 0.15) is 49.2 Å². The van der Waals surface area contributed by atoms with Crippen LogP contribution in [0, 0.1) is 0 Å². The van der Waals surface area contributed by atoms with Gasteiger partial charge in [0.25, 0.3) is 5.91 Å². The standard InChI is InChI=1S/C17H19F3N2O4/c1-9(2)22(10(3)4)15(24)16(25)26-21-8-12-11(14(21)23)6-5-7-13(12)17(18,19)20/h5-7,9-10H,8H2,1-4H3. The average Bonchev–Trinajstić information content (AvgIpc) is 2.81. The summed E-state index contributed by atoms with van der Waals surface area (Å²) in [6, 6.07) is 2.59. The second-order valence-electron chi connectivity index (χ2n) is 6.45. The number of fused-ring (bicyclic) bond motifs is 1. The van der Waals surface area contributed by atoms with Crippen molar-refractivity contribution in [2.45, 2.75) is 52.5 Å². The third-order valence-corrected chi connectivity index (χ3v) is 3.95. The summed E-state index contributed by atoms with van der Waals surface area (Å²) in [7, 11) is 0. The first-order chi connectivity index (χ1) is 11.9. The number of benzene rings is 1. The number of rotatable bonds is 3. The third-order valence-electron chi connectivity index (χ3n) is 3.95. The van der Waals surface area contributed by atoms with Crippen LogP contribution in [0.2, 0.25) is 0 Å². The molecule has 0 aromatic heterocycles. The van der Waals surface area contributed by atoms with Crippen molar-refractivity contribution in [3.8, 4) is 0 Å². The summed E-state index contributed by atoms with van der Waals surface area (Å²) >= 11 is 0. The van der Waals surface area contributed by atoms with Gasteiger partial charge in [-0.2, -0.15) is 18.2 Å². The number of hydroxylamine groups is 2. The summed E-state index contributed by atoms with van der Waals surface area (Å²) < 4.78 is 39.2. The van der Waals surface area contributed by atoms with E-state index in [4.69, 9.17) is 4.84 Å². The van der Waals surface area contributed by atoms with Crippen LogP contribution in [0.3, 0.4) is 0 Å². The van der Waals surface area contributed by atoms with Gasteiger partial charge in [-0.25, -0.2) is 4.79 Å². The van der Waals surface area contributed by atoms with Crippen LogP contribution in [-0.4, -0.2) is 39.8 Å². The lowest BCUT2D eigenvalue weighted by molar-refractivity contribution is -0.187. The molecule has 1 heterocycles. The zero-order valence-electron chi connectivity index (χ0n) is 14.8. The molecule has 0 unspecified atom stereocenters. The predicted octanol–water partition coefficient (Wildman–Crippen LogP) is 2.76. The highest BCUT2D eigenvalue weighted by Gasteiger charge is 2.41. The Kier molecular flexibility index (Phi) is 5.29. The number of nitrogens with zero attached hydrogens (tertiary/aromatic N) is 2. The molecule has 2 rings (SSSR count). The molecule has 1 aliphatic heterocycles. The van der Waals surface area contributed by atoms with E-state index in [0.29, 0.717) is 5.06 Å². The van der Waals surface area contributed by atoms with E-state index in [9.17, 15) is 27.6 Å². The summed E-state index contributed by atoms with van der Waals surface area (Å²) in [4.78, 5) is 42.6. The fourth-order valence-electron chi connectivity index (χ4n) is 2.96. The Morgan fingerprint density at radius 1 is 1.15 bits per heavy atom. The Labute approximate surface area is 148 Å². The van der Waals surface area contributed by atoms with E-state index >= 15 is 0 Å². The summed E-state index contributed by atoms with van der Waals surface area (Å²) in [6.45, 7) is 6.26. The van der Waals surface area contributed by atoms with Crippen LogP contribution in [0.4, 0.5) is 13.2 Å².